The molecule has 2 heterocycles. The summed E-state index contributed by atoms with van der Waals surface area (Å²) in [6.07, 6.45) is 3.94. The molecule has 6 nitrogen and oxygen atoms in total. The molecular formula is C26H33N5O. The van der Waals surface area contributed by atoms with Crippen LogP contribution in [0.5, 0.6) is 0 Å². The molecule has 0 aliphatic carbocycles. The van der Waals surface area contributed by atoms with E-state index in [0.29, 0.717) is 0 Å². The number of anilines is 1. The summed E-state index contributed by atoms with van der Waals surface area (Å²) >= 11 is 0. The van der Waals surface area contributed by atoms with Gasteiger partial charge >= 0.3 is 0 Å². The topological polar surface area (TPSA) is 53.4 Å². The summed E-state index contributed by atoms with van der Waals surface area (Å²) in [4.78, 5) is 17.9. The first-order valence-corrected chi connectivity index (χ1v) is 11.4. The zero-order valence-corrected chi connectivity index (χ0v) is 19.5. The number of hydrogen-bond donors (Lipinski definition) is 1. The maximum atomic E-state index is 13.2. The van der Waals surface area contributed by atoms with Crippen molar-refractivity contribution in [3.8, 4) is 11.1 Å². The van der Waals surface area contributed by atoms with E-state index in [-0.39, 0.29) is 11.9 Å². The molecule has 2 aromatic carbocycles. The van der Waals surface area contributed by atoms with E-state index in [2.05, 4.69) is 70.7 Å². The number of rotatable bonds is 6. The number of likely N-dealkylation sites (N-methyl/N-ethyl adjacent to an activating group) is 1. The highest BCUT2D eigenvalue weighted by Gasteiger charge is 2.18. The highest BCUT2D eigenvalue weighted by atomic mass is 16.1. The van der Waals surface area contributed by atoms with E-state index < -0.39 is 0 Å². The van der Waals surface area contributed by atoms with Crippen LogP contribution in [-0.4, -0.2) is 53.8 Å². The Balaban J connectivity index is 1.49. The summed E-state index contributed by atoms with van der Waals surface area (Å²) in [5.41, 5.74) is 6.13. The van der Waals surface area contributed by atoms with E-state index in [1.165, 1.54) is 0 Å². The normalized spacial score (nSPS) is 15.6. The van der Waals surface area contributed by atoms with Gasteiger partial charge in [-0.2, -0.15) is 5.10 Å². The monoisotopic (exact) mass is 431 g/mol. The molecule has 3 aromatic rings. The lowest BCUT2D eigenvalue weighted by molar-refractivity contribution is 0.0939. The molecule has 1 fully saturated rings. The zero-order chi connectivity index (χ0) is 22.7. The Kier molecular flexibility index (Phi) is 6.61. The number of carbonyl (C=O) groups excluding carboxylic acids is 1. The molecule has 1 aliphatic rings. The summed E-state index contributed by atoms with van der Waals surface area (Å²) in [6.45, 7) is 11.0. The number of nitrogens with zero attached hydrogens (tertiary/aromatic N) is 4. The van der Waals surface area contributed by atoms with E-state index >= 15 is 0 Å². The molecule has 1 saturated heterocycles. The molecule has 6 heteroatoms. The van der Waals surface area contributed by atoms with Crippen molar-refractivity contribution >= 4 is 11.6 Å². The SMILES string of the molecule is CCn1cc(-c2cccc([C@@H](C)NC(=O)c3cc(N4CCN(C)CC4)ccc3C)c2)cn1. The second-order valence-corrected chi connectivity index (χ2v) is 8.69. The van der Waals surface area contributed by atoms with Gasteiger partial charge in [-0.25, -0.2) is 0 Å². The van der Waals surface area contributed by atoms with E-state index in [1.807, 2.05) is 36.9 Å². The summed E-state index contributed by atoms with van der Waals surface area (Å²) in [6, 6.07) is 14.4. The largest absolute Gasteiger partial charge is 0.369 e. The van der Waals surface area contributed by atoms with Gasteiger partial charge in [0.1, 0.15) is 0 Å². The van der Waals surface area contributed by atoms with Gasteiger partial charge in [0.15, 0.2) is 0 Å². The van der Waals surface area contributed by atoms with Crippen LogP contribution in [-0.2, 0) is 6.54 Å². The van der Waals surface area contributed by atoms with Crippen molar-refractivity contribution in [2.24, 2.45) is 0 Å². The number of amides is 1. The summed E-state index contributed by atoms with van der Waals surface area (Å²) in [7, 11) is 2.15. The molecule has 0 unspecified atom stereocenters. The smallest absolute Gasteiger partial charge is 0.252 e. The van der Waals surface area contributed by atoms with Crippen LogP contribution in [0.2, 0.25) is 0 Å². The number of benzene rings is 2. The number of hydrogen-bond acceptors (Lipinski definition) is 4. The first-order chi connectivity index (χ1) is 15.4. The van der Waals surface area contributed by atoms with Gasteiger partial charge in [0, 0.05) is 55.7 Å². The molecule has 1 aromatic heterocycles. The van der Waals surface area contributed by atoms with Gasteiger partial charge in [0.05, 0.1) is 12.2 Å². The first-order valence-electron chi connectivity index (χ1n) is 11.4. The molecule has 0 saturated carbocycles. The van der Waals surface area contributed by atoms with Crippen LogP contribution >= 0.6 is 0 Å². The summed E-state index contributed by atoms with van der Waals surface area (Å²) < 4.78 is 1.92. The average Bonchev–Trinajstić information content (AvgIpc) is 3.29. The predicted molar refractivity (Wildman–Crippen MR) is 130 cm³/mol. The van der Waals surface area contributed by atoms with Crippen molar-refractivity contribution in [1.29, 1.82) is 0 Å². The van der Waals surface area contributed by atoms with Crippen LogP contribution in [0.15, 0.2) is 54.9 Å². The minimum Gasteiger partial charge on any atom is -0.369 e. The van der Waals surface area contributed by atoms with Crippen LogP contribution in [0.4, 0.5) is 5.69 Å². The van der Waals surface area contributed by atoms with Crippen LogP contribution in [0.25, 0.3) is 11.1 Å². The summed E-state index contributed by atoms with van der Waals surface area (Å²) in [5, 5.41) is 7.57. The quantitative estimate of drug-likeness (QED) is 0.638. The van der Waals surface area contributed by atoms with E-state index in [1.54, 1.807) is 0 Å². The van der Waals surface area contributed by atoms with Crippen LogP contribution in [0.1, 0.15) is 41.4 Å². The Morgan fingerprint density at radius 3 is 2.59 bits per heavy atom. The maximum Gasteiger partial charge on any atom is 0.252 e. The Morgan fingerprint density at radius 1 is 1.09 bits per heavy atom. The van der Waals surface area contributed by atoms with Crippen molar-refractivity contribution in [3.05, 3.63) is 71.5 Å². The fourth-order valence-electron chi connectivity index (χ4n) is 4.15. The Hall–Kier alpha value is -3.12. The van der Waals surface area contributed by atoms with Gasteiger partial charge in [0.2, 0.25) is 0 Å². The number of aryl methyl sites for hydroxylation is 2. The third-order valence-corrected chi connectivity index (χ3v) is 6.36. The lowest BCUT2D eigenvalue weighted by atomic mass is 10.0. The second-order valence-electron chi connectivity index (χ2n) is 8.69. The molecule has 168 valence electrons. The van der Waals surface area contributed by atoms with Crippen molar-refractivity contribution in [1.82, 2.24) is 20.0 Å². The van der Waals surface area contributed by atoms with Crippen LogP contribution < -0.4 is 10.2 Å². The number of aromatic nitrogens is 2. The maximum absolute atomic E-state index is 13.2. The Labute approximate surface area is 190 Å². The third kappa shape index (κ3) is 4.86. The predicted octanol–water partition coefficient (Wildman–Crippen LogP) is 4.12. The van der Waals surface area contributed by atoms with E-state index in [4.69, 9.17) is 0 Å². The molecule has 1 N–H and O–H groups in total. The van der Waals surface area contributed by atoms with E-state index in [0.717, 1.165) is 66.2 Å². The molecule has 1 aliphatic heterocycles. The fraction of sp³-hybridized carbons (Fsp3) is 0.385. The average molecular weight is 432 g/mol. The number of piperazine rings is 1. The lowest BCUT2D eigenvalue weighted by Gasteiger charge is -2.34. The van der Waals surface area contributed by atoms with Gasteiger partial charge < -0.3 is 15.1 Å². The van der Waals surface area contributed by atoms with Gasteiger partial charge in [-0.1, -0.05) is 24.3 Å². The van der Waals surface area contributed by atoms with Crippen molar-refractivity contribution in [2.75, 3.05) is 38.1 Å². The minimum absolute atomic E-state index is 0.0322. The fourth-order valence-corrected chi connectivity index (χ4v) is 4.15. The molecule has 1 amide bonds. The van der Waals surface area contributed by atoms with Crippen molar-refractivity contribution in [3.63, 3.8) is 0 Å². The van der Waals surface area contributed by atoms with Crippen molar-refractivity contribution in [2.45, 2.75) is 33.4 Å². The zero-order valence-electron chi connectivity index (χ0n) is 19.5. The second kappa shape index (κ2) is 9.57. The number of carbonyl (C=O) groups is 1. The third-order valence-electron chi connectivity index (χ3n) is 6.36. The summed E-state index contributed by atoms with van der Waals surface area (Å²) in [5.74, 6) is -0.0322. The van der Waals surface area contributed by atoms with Gasteiger partial charge in [-0.15, -0.1) is 0 Å². The minimum atomic E-state index is -0.102. The molecular weight excluding hydrogens is 398 g/mol. The van der Waals surface area contributed by atoms with Gasteiger partial charge in [0.25, 0.3) is 5.91 Å². The molecule has 4 rings (SSSR count). The highest BCUT2D eigenvalue weighted by Crippen LogP contribution is 2.25. The lowest BCUT2D eigenvalue weighted by Crippen LogP contribution is -2.44. The van der Waals surface area contributed by atoms with E-state index in [9.17, 15) is 4.79 Å². The molecule has 32 heavy (non-hydrogen) atoms. The molecule has 0 radical (unpaired) electrons. The van der Waals surface area contributed by atoms with Crippen LogP contribution in [0.3, 0.4) is 0 Å². The standard InChI is InChI=1S/C26H33N5O/c1-5-31-18-23(17-27-31)22-8-6-7-21(15-22)20(3)28-26(32)25-16-24(10-9-19(25)2)30-13-11-29(4)12-14-30/h6-10,15-18,20H,5,11-14H2,1-4H3,(H,28,32)/t20-/m1/s1. The van der Waals surface area contributed by atoms with Crippen molar-refractivity contribution < 1.29 is 4.79 Å². The molecule has 0 bridgehead atoms. The molecule has 0 spiro atoms. The van der Waals surface area contributed by atoms with Gasteiger partial charge in [-0.05, 0) is 62.7 Å². The van der Waals surface area contributed by atoms with Gasteiger partial charge in [-0.3, -0.25) is 9.48 Å². The Bertz CT molecular complexity index is 1080. The first kappa shape index (κ1) is 22.1. The Morgan fingerprint density at radius 2 is 1.88 bits per heavy atom. The highest BCUT2D eigenvalue weighted by molar-refractivity contribution is 5.96. The number of nitrogens with one attached hydrogen (secondary N) is 1. The van der Waals surface area contributed by atoms with Crippen LogP contribution in [0, 0.1) is 6.92 Å². The molecule has 1 atom stereocenters.